The number of benzene rings is 1. The molecule has 0 saturated heterocycles. The number of halogens is 1. The Balaban J connectivity index is 2.55. The van der Waals surface area contributed by atoms with E-state index in [2.05, 4.69) is 0 Å². The first kappa shape index (κ1) is 13.4. The van der Waals surface area contributed by atoms with Crippen LogP contribution in [0.2, 0.25) is 0 Å². The third-order valence-corrected chi connectivity index (χ3v) is 2.29. The zero-order valence-electron chi connectivity index (χ0n) is 9.58. The summed E-state index contributed by atoms with van der Waals surface area (Å²) in [6.07, 6.45) is 2.41. The van der Waals surface area contributed by atoms with Crippen molar-refractivity contribution in [1.29, 1.82) is 5.41 Å². The molecule has 0 radical (unpaired) electrons. The fourth-order valence-electron chi connectivity index (χ4n) is 1.41. The van der Waals surface area contributed by atoms with Gasteiger partial charge < -0.3 is 15.6 Å². The van der Waals surface area contributed by atoms with Crippen LogP contribution in [0.3, 0.4) is 0 Å². The largest absolute Gasteiger partial charge is 0.493 e. The minimum Gasteiger partial charge on any atom is -0.493 e. The number of nitrogens with one attached hydrogen (secondary N) is 1. The fourth-order valence-corrected chi connectivity index (χ4v) is 1.41. The van der Waals surface area contributed by atoms with Gasteiger partial charge in [-0.25, -0.2) is 4.39 Å². The number of aliphatic hydroxyl groups is 1. The van der Waals surface area contributed by atoms with Gasteiger partial charge in [-0.3, -0.25) is 5.41 Å². The smallest absolute Gasteiger partial charge is 0.130 e. The number of hydrogen-bond donors (Lipinski definition) is 3. The molecule has 4 N–H and O–H groups in total. The Morgan fingerprint density at radius 1 is 1.35 bits per heavy atom. The minimum absolute atomic E-state index is 0.176. The number of ether oxygens (including phenoxy) is 1. The quantitative estimate of drug-likeness (QED) is 0.385. The number of unbranched alkanes of at least 4 members (excludes halogenated alkanes) is 2. The molecule has 17 heavy (non-hydrogen) atoms. The number of rotatable bonds is 7. The second-order valence-corrected chi connectivity index (χ2v) is 3.69. The molecule has 0 saturated carbocycles. The summed E-state index contributed by atoms with van der Waals surface area (Å²) >= 11 is 0. The van der Waals surface area contributed by atoms with Gasteiger partial charge in [0.25, 0.3) is 0 Å². The van der Waals surface area contributed by atoms with Crippen molar-refractivity contribution in [1.82, 2.24) is 0 Å². The highest BCUT2D eigenvalue weighted by atomic mass is 19.1. The molecular formula is C12H17FN2O2. The summed E-state index contributed by atoms with van der Waals surface area (Å²) in [6.45, 7) is 0.640. The molecular weight excluding hydrogens is 223 g/mol. The third kappa shape index (κ3) is 4.40. The van der Waals surface area contributed by atoms with E-state index < -0.39 is 5.82 Å². The summed E-state index contributed by atoms with van der Waals surface area (Å²) in [5.74, 6) is -0.236. The van der Waals surface area contributed by atoms with E-state index in [4.69, 9.17) is 21.0 Å². The molecule has 0 spiro atoms. The number of nitrogens with two attached hydrogens (primary N) is 1. The lowest BCUT2D eigenvalue weighted by molar-refractivity contribution is 0.266. The highest BCUT2D eigenvalue weighted by molar-refractivity contribution is 5.97. The Labute approximate surface area is 99.7 Å². The first-order valence-electron chi connectivity index (χ1n) is 5.52. The maximum atomic E-state index is 13.0. The SMILES string of the molecule is N=C(N)c1cc(F)ccc1OCCCCCO. The van der Waals surface area contributed by atoms with E-state index in [1.165, 1.54) is 18.2 Å². The topological polar surface area (TPSA) is 79.3 Å². The summed E-state index contributed by atoms with van der Waals surface area (Å²) in [6, 6.07) is 3.93. The summed E-state index contributed by atoms with van der Waals surface area (Å²) in [5.41, 5.74) is 5.61. The molecule has 0 heterocycles. The average molecular weight is 240 g/mol. The van der Waals surface area contributed by atoms with Crippen molar-refractivity contribution in [3.8, 4) is 5.75 Å². The lowest BCUT2D eigenvalue weighted by atomic mass is 10.2. The summed E-state index contributed by atoms with van der Waals surface area (Å²) in [5, 5.41) is 15.9. The standard InChI is InChI=1S/C12H17FN2O2/c13-9-4-5-11(10(8-9)12(14)15)17-7-3-1-2-6-16/h4-5,8,16H,1-3,6-7H2,(H3,14,15). The molecule has 0 unspecified atom stereocenters. The molecule has 0 aliphatic heterocycles. The van der Waals surface area contributed by atoms with Crippen LogP contribution in [0.4, 0.5) is 4.39 Å². The van der Waals surface area contributed by atoms with E-state index in [-0.39, 0.29) is 18.0 Å². The van der Waals surface area contributed by atoms with Gasteiger partial charge in [-0.2, -0.15) is 0 Å². The van der Waals surface area contributed by atoms with Gasteiger partial charge in [0.05, 0.1) is 12.2 Å². The van der Waals surface area contributed by atoms with Gasteiger partial charge in [0.2, 0.25) is 0 Å². The Hall–Kier alpha value is -1.62. The van der Waals surface area contributed by atoms with E-state index in [0.717, 1.165) is 19.3 Å². The van der Waals surface area contributed by atoms with E-state index in [9.17, 15) is 4.39 Å². The van der Waals surface area contributed by atoms with E-state index >= 15 is 0 Å². The van der Waals surface area contributed by atoms with Crippen LogP contribution in [0.15, 0.2) is 18.2 Å². The van der Waals surface area contributed by atoms with Crippen LogP contribution in [0.5, 0.6) is 5.75 Å². The van der Waals surface area contributed by atoms with Gasteiger partial charge in [0.15, 0.2) is 0 Å². The second kappa shape index (κ2) is 6.85. The first-order valence-corrected chi connectivity index (χ1v) is 5.52. The number of amidine groups is 1. The molecule has 4 nitrogen and oxygen atoms in total. The molecule has 0 amide bonds. The van der Waals surface area contributed by atoms with Gasteiger partial charge >= 0.3 is 0 Å². The molecule has 0 atom stereocenters. The monoisotopic (exact) mass is 240 g/mol. The van der Waals surface area contributed by atoms with Gasteiger partial charge in [-0.15, -0.1) is 0 Å². The van der Waals surface area contributed by atoms with Crippen molar-refractivity contribution >= 4 is 5.84 Å². The molecule has 0 fully saturated rings. The van der Waals surface area contributed by atoms with E-state index in [1.807, 2.05) is 0 Å². The lowest BCUT2D eigenvalue weighted by Crippen LogP contribution is -2.14. The van der Waals surface area contributed by atoms with Crippen LogP contribution >= 0.6 is 0 Å². The number of aliphatic hydroxyl groups excluding tert-OH is 1. The maximum absolute atomic E-state index is 13.0. The van der Waals surface area contributed by atoms with Gasteiger partial charge in [-0.1, -0.05) is 0 Å². The molecule has 0 aliphatic rings. The Bertz CT molecular complexity index is 383. The van der Waals surface area contributed by atoms with Crippen LogP contribution < -0.4 is 10.5 Å². The Morgan fingerprint density at radius 2 is 2.12 bits per heavy atom. The fraction of sp³-hybridized carbons (Fsp3) is 0.417. The van der Waals surface area contributed by atoms with Crippen LogP contribution in [-0.4, -0.2) is 24.2 Å². The number of hydrogen-bond acceptors (Lipinski definition) is 3. The molecule has 5 heteroatoms. The summed E-state index contributed by atoms with van der Waals surface area (Å²) in [7, 11) is 0. The van der Waals surface area contributed by atoms with Crippen molar-refractivity contribution in [2.75, 3.05) is 13.2 Å². The van der Waals surface area contributed by atoms with Crippen molar-refractivity contribution in [2.45, 2.75) is 19.3 Å². The van der Waals surface area contributed by atoms with Crippen molar-refractivity contribution in [3.63, 3.8) is 0 Å². The summed E-state index contributed by atoms with van der Waals surface area (Å²) < 4.78 is 18.4. The van der Waals surface area contributed by atoms with Crippen molar-refractivity contribution in [2.24, 2.45) is 5.73 Å². The van der Waals surface area contributed by atoms with Gasteiger partial charge in [-0.05, 0) is 37.5 Å². The van der Waals surface area contributed by atoms with Gasteiger partial charge in [0.1, 0.15) is 17.4 Å². The Kier molecular flexibility index (Phi) is 5.42. The zero-order chi connectivity index (χ0) is 12.7. The summed E-state index contributed by atoms with van der Waals surface area (Å²) in [4.78, 5) is 0. The van der Waals surface area contributed by atoms with Crippen LogP contribution in [0, 0.1) is 11.2 Å². The predicted octanol–water partition coefficient (Wildman–Crippen LogP) is 1.65. The third-order valence-electron chi connectivity index (χ3n) is 2.29. The normalized spacial score (nSPS) is 10.2. The zero-order valence-corrected chi connectivity index (χ0v) is 9.58. The minimum atomic E-state index is -0.442. The van der Waals surface area contributed by atoms with Crippen molar-refractivity contribution in [3.05, 3.63) is 29.6 Å². The maximum Gasteiger partial charge on any atom is 0.130 e. The average Bonchev–Trinajstić information content (AvgIpc) is 2.30. The molecule has 0 aromatic heterocycles. The van der Waals surface area contributed by atoms with Crippen LogP contribution in [0.25, 0.3) is 0 Å². The predicted molar refractivity (Wildman–Crippen MR) is 63.8 cm³/mol. The van der Waals surface area contributed by atoms with E-state index in [1.54, 1.807) is 0 Å². The lowest BCUT2D eigenvalue weighted by Gasteiger charge is -2.10. The second-order valence-electron chi connectivity index (χ2n) is 3.69. The molecule has 1 aromatic rings. The molecule has 0 bridgehead atoms. The Morgan fingerprint density at radius 3 is 2.76 bits per heavy atom. The molecule has 1 rings (SSSR count). The van der Waals surface area contributed by atoms with Crippen LogP contribution in [0.1, 0.15) is 24.8 Å². The molecule has 0 aliphatic carbocycles. The number of nitrogen functional groups attached to an aromatic ring is 1. The van der Waals surface area contributed by atoms with Gasteiger partial charge in [0, 0.05) is 6.61 Å². The first-order chi connectivity index (χ1) is 8.15. The van der Waals surface area contributed by atoms with Crippen LogP contribution in [-0.2, 0) is 0 Å². The molecule has 94 valence electrons. The highest BCUT2D eigenvalue weighted by Crippen LogP contribution is 2.19. The molecule has 1 aromatic carbocycles. The van der Waals surface area contributed by atoms with E-state index in [0.29, 0.717) is 12.4 Å². The van der Waals surface area contributed by atoms with Crippen molar-refractivity contribution < 1.29 is 14.2 Å². The highest BCUT2D eigenvalue weighted by Gasteiger charge is 2.07.